The summed E-state index contributed by atoms with van der Waals surface area (Å²) in [6.45, 7) is 1.88. The van der Waals surface area contributed by atoms with Crippen LogP contribution >= 0.6 is 23.2 Å². The number of hydrogen-bond donors (Lipinski definition) is 1. The van der Waals surface area contributed by atoms with Crippen molar-refractivity contribution in [3.05, 3.63) is 57.1 Å². The van der Waals surface area contributed by atoms with Gasteiger partial charge in [-0.15, -0.1) is 0 Å². The Kier molecular flexibility index (Phi) is 4.96. The molecule has 1 aromatic rings. The van der Waals surface area contributed by atoms with E-state index in [1.807, 2.05) is 6.07 Å². The summed E-state index contributed by atoms with van der Waals surface area (Å²) in [6, 6.07) is 6.74. The van der Waals surface area contributed by atoms with E-state index in [1.165, 1.54) is 12.3 Å². The predicted octanol–water partition coefficient (Wildman–Crippen LogP) is 3.25. The first-order valence-electron chi connectivity index (χ1n) is 6.38. The number of esters is 1. The Morgan fingerprint density at radius 1 is 1.50 bits per heavy atom. The van der Waals surface area contributed by atoms with Gasteiger partial charge in [-0.25, -0.2) is 4.79 Å². The highest BCUT2D eigenvalue weighted by atomic mass is 35.5. The Morgan fingerprint density at radius 3 is 2.82 bits per heavy atom. The van der Waals surface area contributed by atoms with E-state index in [-0.39, 0.29) is 23.6 Å². The minimum Gasteiger partial charge on any atom is -0.463 e. The molecule has 0 bridgehead atoms. The van der Waals surface area contributed by atoms with Crippen LogP contribution in [0.3, 0.4) is 0 Å². The van der Waals surface area contributed by atoms with Gasteiger partial charge in [-0.1, -0.05) is 29.3 Å². The molecule has 0 saturated heterocycles. The SMILES string of the molecule is CCOC(=O)C1=COC(N)=C(C#N)[C@H]1c1ccc(Cl)cc1Cl. The number of ether oxygens (including phenoxy) is 2. The van der Waals surface area contributed by atoms with Crippen LogP contribution in [0.1, 0.15) is 18.4 Å². The molecule has 0 saturated carbocycles. The minimum atomic E-state index is -0.762. The number of hydrogen-bond acceptors (Lipinski definition) is 5. The summed E-state index contributed by atoms with van der Waals surface area (Å²) in [5.41, 5.74) is 6.47. The number of halogens is 2. The molecule has 0 aromatic heterocycles. The van der Waals surface area contributed by atoms with Gasteiger partial charge in [-0.2, -0.15) is 5.26 Å². The third-order valence-corrected chi connectivity index (χ3v) is 3.65. The van der Waals surface area contributed by atoms with Gasteiger partial charge >= 0.3 is 5.97 Å². The number of allylic oxidation sites excluding steroid dienone is 1. The molecule has 114 valence electrons. The van der Waals surface area contributed by atoms with E-state index < -0.39 is 11.9 Å². The molecule has 2 N–H and O–H groups in total. The third-order valence-electron chi connectivity index (χ3n) is 3.08. The van der Waals surface area contributed by atoms with E-state index in [2.05, 4.69) is 0 Å². The normalized spacial score (nSPS) is 17.4. The molecule has 7 heteroatoms. The number of benzene rings is 1. The number of rotatable bonds is 3. The van der Waals surface area contributed by atoms with Crippen molar-refractivity contribution in [2.75, 3.05) is 6.61 Å². The molecule has 1 atom stereocenters. The fourth-order valence-corrected chi connectivity index (χ4v) is 2.63. The van der Waals surface area contributed by atoms with Gasteiger partial charge in [-0.05, 0) is 24.6 Å². The van der Waals surface area contributed by atoms with E-state index in [4.69, 9.17) is 38.4 Å². The lowest BCUT2D eigenvalue weighted by atomic mass is 9.84. The van der Waals surface area contributed by atoms with Crippen molar-refractivity contribution < 1.29 is 14.3 Å². The van der Waals surface area contributed by atoms with E-state index in [0.29, 0.717) is 15.6 Å². The molecule has 1 heterocycles. The van der Waals surface area contributed by atoms with E-state index >= 15 is 0 Å². The van der Waals surface area contributed by atoms with Crippen LogP contribution in [0, 0.1) is 11.3 Å². The van der Waals surface area contributed by atoms with Gasteiger partial charge in [-0.3, -0.25) is 0 Å². The van der Waals surface area contributed by atoms with E-state index in [1.54, 1.807) is 19.1 Å². The van der Waals surface area contributed by atoms with Crippen LogP contribution in [0.15, 0.2) is 41.5 Å². The van der Waals surface area contributed by atoms with Crippen LogP contribution in [0.5, 0.6) is 0 Å². The van der Waals surface area contributed by atoms with E-state index in [0.717, 1.165) is 0 Å². The van der Waals surface area contributed by atoms with Gasteiger partial charge in [0.2, 0.25) is 5.88 Å². The molecule has 22 heavy (non-hydrogen) atoms. The fourth-order valence-electron chi connectivity index (χ4n) is 2.11. The first-order chi connectivity index (χ1) is 10.5. The van der Waals surface area contributed by atoms with Crippen molar-refractivity contribution in [1.29, 1.82) is 5.26 Å². The zero-order valence-electron chi connectivity index (χ0n) is 11.6. The largest absolute Gasteiger partial charge is 0.463 e. The van der Waals surface area contributed by atoms with Crippen LogP contribution < -0.4 is 5.73 Å². The lowest BCUT2D eigenvalue weighted by Crippen LogP contribution is -2.23. The summed E-state index contributed by atoms with van der Waals surface area (Å²) < 4.78 is 10.1. The first-order valence-corrected chi connectivity index (χ1v) is 7.13. The van der Waals surface area contributed by atoms with Crippen molar-refractivity contribution in [1.82, 2.24) is 0 Å². The van der Waals surface area contributed by atoms with Crippen LogP contribution in [0.4, 0.5) is 0 Å². The highest BCUT2D eigenvalue weighted by Gasteiger charge is 2.34. The molecule has 2 rings (SSSR count). The maximum Gasteiger partial charge on any atom is 0.338 e. The molecule has 0 aliphatic carbocycles. The van der Waals surface area contributed by atoms with Crippen LogP contribution in [0.25, 0.3) is 0 Å². The summed E-state index contributed by atoms with van der Waals surface area (Å²) in [6.07, 6.45) is 1.18. The second-order valence-electron chi connectivity index (χ2n) is 4.40. The van der Waals surface area contributed by atoms with Gasteiger partial charge in [0.25, 0.3) is 0 Å². The molecule has 0 spiro atoms. The average molecular weight is 339 g/mol. The van der Waals surface area contributed by atoms with Crippen molar-refractivity contribution in [3.8, 4) is 6.07 Å². The number of carbonyl (C=O) groups is 1. The second kappa shape index (κ2) is 6.73. The maximum absolute atomic E-state index is 12.1. The molecule has 0 unspecified atom stereocenters. The molecule has 1 aliphatic heterocycles. The molecule has 1 aliphatic rings. The summed E-state index contributed by atoms with van der Waals surface area (Å²) in [4.78, 5) is 12.1. The van der Waals surface area contributed by atoms with Gasteiger partial charge in [0.05, 0.1) is 18.1 Å². The molecule has 1 aromatic carbocycles. The Labute approximate surface area is 137 Å². The fraction of sp³-hybridized carbons (Fsp3) is 0.200. The number of nitrogens with two attached hydrogens (primary N) is 1. The number of nitriles is 1. The summed E-state index contributed by atoms with van der Waals surface area (Å²) >= 11 is 12.1. The molecular formula is C15H12Cl2N2O3. The molecule has 0 radical (unpaired) electrons. The quantitative estimate of drug-likeness (QED) is 0.855. The van der Waals surface area contributed by atoms with Crippen LogP contribution in [-0.4, -0.2) is 12.6 Å². The zero-order chi connectivity index (χ0) is 16.3. The third kappa shape index (κ3) is 3.03. The Morgan fingerprint density at radius 2 is 2.23 bits per heavy atom. The van der Waals surface area contributed by atoms with Gasteiger partial charge in [0.1, 0.15) is 17.9 Å². The predicted molar refractivity (Wildman–Crippen MR) is 81.8 cm³/mol. The first kappa shape index (κ1) is 16.2. The van der Waals surface area contributed by atoms with Crippen molar-refractivity contribution in [2.24, 2.45) is 5.73 Å². The molecule has 0 fully saturated rings. The standard InChI is InChI=1S/C15H12Cl2N2O3/c1-2-21-15(20)11-7-22-14(19)10(6-18)13(11)9-4-3-8(16)5-12(9)17/h3-5,7,13H,2,19H2,1H3/t13-/m1/s1. The average Bonchev–Trinajstić information content (AvgIpc) is 2.47. The topological polar surface area (TPSA) is 85.3 Å². The zero-order valence-corrected chi connectivity index (χ0v) is 13.1. The number of nitrogens with zero attached hydrogens (tertiary/aromatic N) is 1. The second-order valence-corrected chi connectivity index (χ2v) is 5.24. The van der Waals surface area contributed by atoms with Crippen molar-refractivity contribution in [3.63, 3.8) is 0 Å². The Hall–Kier alpha value is -2.16. The summed E-state index contributed by atoms with van der Waals surface area (Å²) in [5.74, 6) is -1.44. The summed E-state index contributed by atoms with van der Waals surface area (Å²) in [5, 5.41) is 10.1. The Bertz CT molecular complexity index is 720. The Balaban J connectivity index is 2.57. The van der Waals surface area contributed by atoms with Gasteiger partial charge in [0, 0.05) is 10.0 Å². The smallest absolute Gasteiger partial charge is 0.338 e. The molecular weight excluding hydrogens is 327 g/mol. The lowest BCUT2D eigenvalue weighted by Gasteiger charge is -2.24. The highest BCUT2D eigenvalue weighted by molar-refractivity contribution is 6.35. The molecule has 0 amide bonds. The number of carbonyl (C=O) groups excluding carboxylic acids is 1. The van der Waals surface area contributed by atoms with Crippen molar-refractivity contribution in [2.45, 2.75) is 12.8 Å². The highest BCUT2D eigenvalue weighted by Crippen LogP contribution is 2.40. The summed E-state index contributed by atoms with van der Waals surface area (Å²) in [7, 11) is 0. The monoisotopic (exact) mass is 338 g/mol. The lowest BCUT2D eigenvalue weighted by molar-refractivity contribution is -0.139. The van der Waals surface area contributed by atoms with Crippen molar-refractivity contribution >= 4 is 29.2 Å². The maximum atomic E-state index is 12.1. The van der Waals surface area contributed by atoms with Crippen LogP contribution in [-0.2, 0) is 14.3 Å². The van der Waals surface area contributed by atoms with Crippen LogP contribution in [0.2, 0.25) is 10.0 Å². The van der Waals surface area contributed by atoms with Gasteiger partial charge in [0.15, 0.2) is 0 Å². The minimum absolute atomic E-state index is 0.0773. The molecule has 5 nitrogen and oxygen atoms in total. The van der Waals surface area contributed by atoms with E-state index in [9.17, 15) is 10.1 Å². The van der Waals surface area contributed by atoms with Gasteiger partial charge < -0.3 is 15.2 Å².